The van der Waals surface area contributed by atoms with Crippen LogP contribution in [-0.4, -0.2) is 35.9 Å². The van der Waals surface area contributed by atoms with Crippen LogP contribution in [0.4, 0.5) is 0 Å². The molecule has 0 bridgehead atoms. The Morgan fingerprint density at radius 2 is 2.25 bits per heavy atom. The Bertz CT molecular complexity index is 128. The van der Waals surface area contributed by atoms with Crippen LogP contribution < -0.4 is 0 Å². The highest BCUT2D eigenvalue weighted by molar-refractivity contribution is 7.99. The number of hydrogen-bond acceptors (Lipinski definition) is 3. The lowest BCUT2D eigenvalue weighted by Gasteiger charge is -2.31. The lowest BCUT2D eigenvalue weighted by Crippen LogP contribution is -2.35. The highest BCUT2D eigenvalue weighted by atomic mass is 32.2. The van der Waals surface area contributed by atoms with Gasteiger partial charge in [0.15, 0.2) is 0 Å². The van der Waals surface area contributed by atoms with Crippen molar-refractivity contribution in [1.82, 2.24) is 0 Å². The third kappa shape index (κ3) is 2.64. The molecule has 72 valence electrons. The van der Waals surface area contributed by atoms with Crippen molar-refractivity contribution in [1.29, 1.82) is 0 Å². The van der Waals surface area contributed by atoms with Crippen molar-refractivity contribution in [2.75, 3.05) is 24.7 Å². The van der Waals surface area contributed by atoms with Gasteiger partial charge in [0.1, 0.15) is 0 Å². The van der Waals surface area contributed by atoms with Gasteiger partial charge in [0.25, 0.3) is 0 Å². The first-order valence-corrected chi connectivity index (χ1v) is 5.62. The number of aliphatic hydroxyl groups is 1. The van der Waals surface area contributed by atoms with Crippen molar-refractivity contribution in [3.8, 4) is 0 Å². The Morgan fingerprint density at radius 1 is 1.50 bits per heavy atom. The molecule has 1 saturated heterocycles. The van der Waals surface area contributed by atoms with Gasteiger partial charge in [-0.25, -0.2) is 0 Å². The van der Waals surface area contributed by atoms with Gasteiger partial charge in [-0.2, -0.15) is 11.8 Å². The van der Waals surface area contributed by atoms with Crippen LogP contribution in [0.25, 0.3) is 0 Å². The molecule has 2 nitrogen and oxygen atoms in total. The van der Waals surface area contributed by atoms with E-state index in [1.54, 1.807) is 0 Å². The van der Waals surface area contributed by atoms with Gasteiger partial charge in [-0.1, -0.05) is 13.8 Å². The zero-order chi connectivity index (χ0) is 9.03. The average molecular weight is 190 g/mol. The molecule has 0 amide bonds. The highest BCUT2D eigenvalue weighted by Crippen LogP contribution is 2.28. The van der Waals surface area contributed by atoms with Crippen molar-refractivity contribution >= 4 is 11.8 Å². The van der Waals surface area contributed by atoms with E-state index in [4.69, 9.17) is 9.84 Å². The van der Waals surface area contributed by atoms with Crippen molar-refractivity contribution in [2.24, 2.45) is 5.41 Å². The molecule has 12 heavy (non-hydrogen) atoms. The summed E-state index contributed by atoms with van der Waals surface area (Å²) in [5.41, 5.74) is -0.0785. The topological polar surface area (TPSA) is 29.5 Å². The molecule has 1 fully saturated rings. The van der Waals surface area contributed by atoms with E-state index in [2.05, 4.69) is 13.8 Å². The predicted octanol–water partition coefficient (Wildman–Crippen LogP) is 1.53. The first-order chi connectivity index (χ1) is 5.67. The Balaban J connectivity index is 2.47. The maximum Gasteiger partial charge on any atom is 0.0656 e. The third-order valence-corrected chi connectivity index (χ3v) is 3.33. The normalized spacial score (nSPS) is 26.8. The summed E-state index contributed by atoms with van der Waals surface area (Å²) >= 11 is 1.94. The molecule has 0 spiro atoms. The molecule has 1 aliphatic rings. The van der Waals surface area contributed by atoms with E-state index in [0.29, 0.717) is 0 Å². The summed E-state index contributed by atoms with van der Waals surface area (Å²) in [6, 6.07) is 0. The van der Waals surface area contributed by atoms with Gasteiger partial charge in [0, 0.05) is 11.2 Å². The number of thioether (sulfide) groups is 1. The van der Waals surface area contributed by atoms with E-state index in [-0.39, 0.29) is 18.1 Å². The average Bonchev–Trinajstić information content (AvgIpc) is 2.32. The fraction of sp³-hybridized carbons (Fsp3) is 1.00. The second-order valence-electron chi connectivity index (χ2n) is 3.91. The SMILES string of the molecule is CC(C)(CO)C1CCSCCO1. The van der Waals surface area contributed by atoms with E-state index in [0.717, 1.165) is 24.5 Å². The molecule has 0 aromatic carbocycles. The summed E-state index contributed by atoms with van der Waals surface area (Å²) in [6.45, 7) is 5.17. The molecule has 1 N–H and O–H groups in total. The minimum Gasteiger partial charge on any atom is -0.396 e. The van der Waals surface area contributed by atoms with E-state index >= 15 is 0 Å². The second kappa shape index (κ2) is 4.49. The summed E-state index contributed by atoms with van der Waals surface area (Å²) in [6.07, 6.45) is 1.30. The molecule has 0 aliphatic carbocycles. The van der Waals surface area contributed by atoms with Gasteiger partial charge in [0.2, 0.25) is 0 Å². The molecule has 0 radical (unpaired) electrons. The van der Waals surface area contributed by atoms with Crippen molar-refractivity contribution in [3.63, 3.8) is 0 Å². The van der Waals surface area contributed by atoms with E-state index in [9.17, 15) is 0 Å². The molecule has 0 aromatic heterocycles. The van der Waals surface area contributed by atoms with Gasteiger partial charge in [0.05, 0.1) is 19.3 Å². The molecule has 1 aliphatic heterocycles. The minimum absolute atomic E-state index is 0.0785. The van der Waals surface area contributed by atoms with Crippen LogP contribution in [0.2, 0.25) is 0 Å². The van der Waals surface area contributed by atoms with Crippen molar-refractivity contribution in [3.05, 3.63) is 0 Å². The summed E-state index contributed by atoms with van der Waals surface area (Å²) in [7, 11) is 0. The standard InChI is InChI=1S/C9H18O2S/c1-9(2,7-10)8-3-5-12-6-4-11-8/h8,10H,3-7H2,1-2H3. The first-order valence-electron chi connectivity index (χ1n) is 4.47. The van der Waals surface area contributed by atoms with E-state index in [1.807, 2.05) is 11.8 Å². The van der Waals surface area contributed by atoms with E-state index < -0.39 is 0 Å². The van der Waals surface area contributed by atoms with Gasteiger partial charge in [-0.3, -0.25) is 0 Å². The zero-order valence-electron chi connectivity index (χ0n) is 7.88. The van der Waals surface area contributed by atoms with E-state index in [1.165, 1.54) is 0 Å². The van der Waals surface area contributed by atoms with Gasteiger partial charge < -0.3 is 9.84 Å². The lowest BCUT2D eigenvalue weighted by molar-refractivity contribution is -0.0421. The van der Waals surface area contributed by atoms with Crippen LogP contribution >= 0.6 is 11.8 Å². The molecule has 1 atom stereocenters. The quantitative estimate of drug-likeness (QED) is 0.716. The summed E-state index contributed by atoms with van der Waals surface area (Å²) in [4.78, 5) is 0. The summed E-state index contributed by atoms with van der Waals surface area (Å²) < 4.78 is 5.68. The summed E-state index contributed by atoms with van der Waals surface area (Å²) in [5.74, 6) is 2.26. The monoisotopic (exact) mass is 190 g/mol. The summed E-state index contributed by atoms with van der Waals surface area (Å²) in [5, 5.41) is 9.15. The molecule has 0 saturated carbocycles. The van der Waals surface area contributed by atoms with Crippen LogP contribution in [0.3, 0.4) is 0 Å². The smallest absolute Gasteiger partial charge is 0.0656 e. The Morgan fingerprint density at radius 3 is 2.92 bits per heavy atom. The van der Waals surface area contributed by atoms with Gasteiger partial charge in [-0.05, 0) is 12.2 Å². The molecular weight excluding hydrogens is 172 g/mol. The number of ether oxygens (including phenoxy) is 1. The fourth-order valence-corrected chi connectivity index (χ4v) is 2.14. The molecule has 3 heteroatoms. The maximum atomic E-state index is 9.15. The van der Waals surface area contributed by atoms with Gasteiger partial charge >= 0.3 is 0 Å². The molecule has 1 unspecified atom stereocenters. The molecule has 1 heterocycles. The van der Waals surface area contributed by atoms with Crippen LogP contribution in [0.15, 0.2) is 0 Å². The largest absolute Gasteiger partial charge is 0.396 e. The Labute approximate surface area is 78.7 Å². The van der Waals surface area contributed by atoms with Gasteiger partial charge in [-0.15, -0.1) is 0 Å². The number of hydrogen-bond donors (Lipinski definition) is 1. The van der Waals surface area contributed by atoms with Crippen molar-refractivity contribution in [2.45, 2.75) is 26.4 Å². The van der Waals surface area contributed by atoms with Crippen LogP contribution in [0.1, 0.15) is 20.3 Å². The lowest BCUT2D eigenvalue weighted by atomic mass is 9.86. The fourth-order valence-electron chi connectivity index (χ4n) is 1.34. The molecular formula is C9H18O2S. The third-order valence-electron chi connectivity index (χ3n) is 2.35. The first kappa shape index (κ1) is 10.4. The minimum atomic E-state index is -0.0785. The van der Waals surface area contributed by atoms with Crippen molar-refractivity contribution < 1.29 is 9.84 Å². The zero-order valence-corrected chi connectivity index (χ0v) is 8.69. The number of aliphatic hydroxyl groups excluding tert-OH is 1. The number of rotatable bonds is 2. The van der Waals surface area contributed by atoms with Crippen LogP contribution in [0, 0.1) is 5.41 Å². The highest BCUT2D eigenvalue weighted by Gasteiger charge is 2.30. The van der Waals surface area contributed by atoms with Crippen LogP contribution in [0.5, 0.6) is 0 Å². The second-order valence-corrected chi connectivity index (χ2v) is 5.13. The Kier molecular flexibility index (Phi) is 3.87. The maximum absolute atomic E-state index is 9.15. The predicted molar refractivity (Wildman–Crippen MR) is 52.5 cm³/mol. The molecule has 0 aromatic rings. The molecule has 1 rings (SSSR count). The Hall–Kier alpha value is 0.270. The van der Waals surface area contributed by atoms with Crippen LogP contribution in [-0.2, 0) is 4.74 Å².